The van der Waals surface area contributed by atoms with E-state index < -0.39 is 0 Å². The normalized spacial score (nSPS) is 12.6. The number of nitrogens with two attached hydrogens (primary N) is 1. The van der Waals surface area contributed by atoms with E-state index in [-0.39, 0.29) is 6.04 Å². The minimum absolute atomic E-state index is 0.124. The maximum absolute atomic E-state index is 6.30. The Bertz CT molecular complexity index is 555. The lowest BCUT2D eigenvalue weighted by molar-refractivity contribution is 0.640. The molecule has 19 heavy (non-hydrogen) atoms. The largest absolute Gasteiger partial charge is 0.327 e. The van der Waals surface area contributed by atoms with Gasteiger partial charge < -0.3 is 5.73 Å². The molecule has 102 valence electrons. The van der Waals surface area contributed by atoms with Crippen molar-refractivity contribution < 1.29 is 0 Å². The summed E-state index contributed by atoms with van der Waals surface area (Å²) in [6, 6.07) is 6.02. The van der Waals surface area contributed by atoms with Gasteiger partial charge in [0.1, 0.15) is 6.33 Å². The molecule has 4 nitrogen and oxygen atoms in total. The van der Waals surface area contributed by atoms with Crippen LogP contribution in [0.3, 0.4) is 0 Å². The molecule has 1 heterocycles. The van der Waals surface area contributed by atoms with E-state index in [0.29, 0.717) is 0 Å². The first-order valence-corrected chi connectivity index (χ1v) is 7.36. The van der Waals surface area contributed by atoms with Crippen LogP contribution in [0.4, 0.5) is 0 Å². The van der Waals surface area contributed by atoms with Gasteiger partial charge in [0.25, 0.3) is 0 Å². The van der Waals surface area contributed by atoms with Gasteiger partial charge >= 0.3 is 0 Å². The van der Waals surface area contributed by atoms with E-state index in [4.69, 9.17) is 17.3 Å². The Morgan fingerprint density at radius 1 is 1.47 bits per heavy atom. The van der Waals surface area contributed by atoms with Crippen molar-refractivity contribution in [1.82, 2.24) is 14.8 Å². The zero-order chi connectivity index (χ0) is 13.8. The summed E-state index contributed by atoms with van der Waals surface area (Å²) in [7, 11) is 1.87. The summed E-state index contributed by atoms with van der Waals surface area (Å²) in [5.74, 6) is 0. The van der Waals surface area contributed by atoms with E-state index in [2.05, 4.69) is 17.0 Å². The van der Waals surface area contributed by atoms with Crippen molar-refractivity contribution in [3.63, 3.8) is 0 Å². The van der Waals surface area contributed by atoms with Crippen molar-refractivity contribution in [2.24, 2.45) is 12.8 Å². The van der Waals surface area contributed by atoms with Crippen molar-refractivity contribution in [1.29, 1.82) is 0 Å². The van der Waals surface area contributed by atoms with E-state index in [9.17, 15) is 0 Å². The predicted octanol–water partition coefficient (Wildman–Crippen LogP) is 2.90. The van der Waals surface area contributed by atoms with Crippen molar-refractivity contribution >= 4 is 23.4 Å². The Morgan fingerprint density at radius 3 is 2.89 bits per heavy atom. The fourth-order valence-corrected chi connectivity index (χ4v) is 2.96. The monoisotopic (exact) mass is 296 g/mol. The van der Waals surface area contributed by atoms with Crippen molar-refractivity contribution in [3.8, 4) is 0 Å². The summed E-state index contributed by atoms with van der Waals surface area (Å²) in [6.07, 6.45) is 3.25. The van der Waals surface area contributed by atoms with Gasteiger partial charge in [0.2, 0.25) is 0 Å². The average Bonchev–Trinajstić information content (AvgIpc) is 2.79. The lowest BCUT2D eigenvalue weighted by atomic mass is 10.0. The SMILES string of the molecule is CCC(N)Cc1c(Cl)cccc1Sc1ncnn1C. The van der Waals surface area contributed by atoms with Gasteiger partial charge in [0, 0.05) is 23.0 Å². The van der Waals surface area contributed by atoms with Gasteiger partial charge in [-0.3, -0.25) is 0 Å². The standard InChI is InChI=1S/C13H17ClN4S/c1-3-9(15)7-10-11(14)5-4-6-12(10)19-13-16-8-17-18(13)2/h4-6,8-9H,3,7,15H2,1-2H3. The lowest BCUT2D eigenvalue weighted by Gasteiger charge is -2.14. The highest BCUT2D eigenvalue weighted by atomic mass is 35.5. The summed E-state index contributed by atoms with van der Waals surface area (Å²) in [4.78, 5) is 5.31. The molecule has 0 saturated heterocycles. The van der Waals surface area contributed by atoms with Gasteiger partial charge in [0.15, 0.2) is 5.16 Å². The molecule has 2 rings (SSSR count). The minimum Gasteiger partial charge on any atom is -0.327 e. The third-order valence-corrected chi connectivity index (χ3v) is 4.45. The van der Waals surface area contributed by atoms with Crippen LogP contribution < -0.4 is 5.73 Å². The van der Waals surface area contributed by atoms with Crippen LogP contribution in [0, 0.1) is 0 Å². The van der Waals surface area contributed by atoms with Crippen LogP contribution in [0.1, 0.15) is 18.9 Å². The van der Waals surface area contributed by atoms with E-state index >= 15 is 0 Å². The zero-order valence-corrected chi connectivity index (χ0v) is 12.6. The molecule has 1 unspecified atom stereocenters. The predicted molar refractivity (Wildman–Crippen MR) is 78.5 cm³/mol. The number of hydrogen-bond acceptors (Lipinski definition) is 4. The second-order valence-corrected chi connectivity index (χ2v) is 5.77. The first kappa shape index (κ1) is 14.4. The van der Waals surface area contributed by atoms with Crippen LogP contribution in [0.25, 0.3) is 0 Å². The van der Waals surface area contributed by atoms with Crippen LogP contribution in [0.15, 0.2) is 34.6 Å². The Balaban J connectivity index is 2.29. The fourth-order valence-electron chi connectivity index (χ4n) is 1.72. The van der Waals surface area contributed by atoms with E-state index in [0.717, 1.165) is 33.5 Å². The number of hydrogen-bond donors (Lipinski definition) is 1. The number of halogens is 1. The van der Waals surface area contributed by atoms with Crippen LogP contribution >= 0.6 is 23.4 Å². The molecule has 0 aliphatic carbocycles. The van der Waals surface area contributed by atoms with E-state index in [1.807, 2.05) is 25.2 Å². The van der Waals surface area contributed by atoms with Crippen molar-refractivity contribution in [2.75, 3.05) is 0 Å². The number of benzene rings is 1. The van der Waals surface area contributed by atoms with Crippen molar-refractivity contribution in [3.05, 3.63) is 35.1 Å². The third kappa shape index (κ3) is 3.49. The van der Waals surface area contributed by atoms with Gasteiger partial charge in [-0.05, 0) is 42.3 Å². The second kappa shape index (κ2) is 6.41. The van der Waals surface area contributed by atoms with Gasteiger partial charge in [-0.1, -0.05) is 24.6 Å². The highest BCUT2D eigenvalue weighted by Crippen LogP contribution is 2.33. The average molecular weight is 297 g/mol. The molecule has 6 heteroatoms. The summed E-state index contributed by atoms with van der Waals surface area (Å²) < 4.78 is 1.75. The topological polar surface area (TPSA) is 56.7 Å². The first-order chi connectivity index (χ1) is 9.11. The molecular weight excluding hydrogens is 280 g/mol. The molecule has 1 aromatic heterocycles. The summed E-state index contributed by atoms with van der Waals surface area (Å²) in [5, 5.41) is 5.67. The maximum atomic E-state index is 6.30. The van der Waals surface area contributed by atoms with Gasteiger partial charge in [-0.2, -0.15) is 5.10 Å². The third-order valence-electron chi connectivity index (χ3n) is 2.94. The summed E-state index contributed by atoms with van der Waals surface area (Å²) in [6.45, 7) is 2.08. The molecular formula is C13H17ClN4S. The van der Waals surface area contributed by atoms with E-state index in [1.54, 1.807) is 22.8 Å². The molecule has 0 amide bonds. The number of rotatable bonds is 5. The Kier molecular flexibility index (Phi) is 4.85. The Labute approximate surface area is 122 Å². The summed E-state index contributed by atoms with van der Waals surface area (Å²) >= 11 is 7.86. The van der Waals surface area contributed by atoms with Crippen LogP contribution in [0.5, 0.6) is 0 Å². The molecule has 0 fully saturated rings. The zero-order valence-electron chi connectivity index (χ0n) is 11.0. The van der Waals surface area contributed by atoms with Crippen LogP contribution in [0.2, 0.25) is 5.02 Å². The summed E-state index contributed by atoms with van der Waals surface area (Å²) in [5.41, 5.74) is 7.13. The second-order valence-electron chi connectivity index (χ2n) is 4.36. The molecule has 0 aliphatic heterocycles. The highest BCUT2D eigenvalue weighted by Gasteiger charge is 2.13. The van der Waals surface area contributed by atoms with Crippen LogP contribution in [-0.2, 0) is 13.5 Å². The lowest BCUT2D eigenvalue weighted by Crippen LogP contribution is -2.21. The fraction of sp³-hybridized carbons (Fsp3) is 0.385. The van der Waals surface area contributed by atoms with Crippen molar-refractivity contribution in [2.45, 2.75) is 35.9 Å². The quantitative estimate of drug-likeness (QED) is 0.922. The Morgan fingerprint density at radius 2 is 2.26 bits per heavy atom. The van der Waals surface area contributed by atoms with Gasteiger partial charge in [-0.15, -0.1) is 0 Å². The molecule has 2 aromatic rings. The molecule has 1 aromatic carbocycles. The number of aromatic nitrogens is 3. The van der Waals surface area contributed by atoms with Gasteiger partial charge in [-0.25, -0.2) is 9.67 Å². The molecule has 1 atom stereocenters. The molecule has 0 saturated carbocycles. The Hall–Kier alpha value is -1.04. The maximum Gasteiger partial charge on any atom is 0.190 e. The molecule has 2 N–H and O–H groups in total. The molecule has 0 spiro atoms. The first-order valence-electron chi connectivity index (χ1n) is 6.16. The highest BCUT2D eigenvalue weighted by molar-refractivity contribution is 7.99. The molecule has 0 aliphatic rings. The van der Waals surface area contributed by atoms with Crippen LogP contribution in [-0.4, -0.2) is 20.8 Å². The number of nitrogens with zero attached hydrogens (tertiary/aromatic N) is 3. The van der Waals surface area contributed by atoms with E-state index in [1.165, 1.54) is 0 Å². The molecule has 0 radical (unpaired) electrons. The minimum atomic E-state index is 0.124. The number of aryl methyl sites for hydroxylation is 1. The van der Waals surface area contributed by atoms with Gasteiger partial charge in [0.05, 0.1) is 0 Å². The molecule has 0 bridgehead atoms. The smallest absolute Gasteiger partial charge is 0.190 e.